The van der Waals surface area contributed by atoms with E-state index in [1.807, 2.05) is 48.5 Å². The van der Waals surface area contributed by atoms with E-state index in [1.54, 1.807) is 19.2 Å². The molecule has 0 aliphatic rings. The van der Waals surface area contributed by atoms with Crippen LogP contribution in [0.5, 0.6) is 0 Å². The van der Waals surface area contributed by atoms with E-state index in [-0.39, 0.29) is 5.56 Å². The SMILES string of the molecule is C=CCc1cccc2cc(C(=O)N(C)c3ccccc3)c(=O)oc12. The molecular formula is C20H17NO3. The van der Waals surface area contributed by atoms with Gasteiger partial charge in [-0.15, -0.1) is 6.58 Å². The van der Waals surface area contributed by atoms with Gasteiger partial charge in [0.2, 0.25) is 0 Å². The van der Waals surface area contributed by atoms with Crippen LogP contribution in [0.4, 0.5) is 5.69 Å². The molecule has 1 aromatic heterocycles. The molecule has 4 heteroatoms. The van der Waals surface area contributed by atoms with Crippen molar-refractivity contribution in [1.29, 1.82) is 0 Å². The van der Waals surface area contributed by atoms with E-state index in [1.165, 1.54) is 4.90 Å². The van der Waals surface area contributed by atoms with Crippen molar-refractivity contribution in [2.75, 3.05) is 11.9 Å². The fourth-order valence-electron chi connectivity index (χ4n) is 2.62. The number of carbonyl (C=O) groups is 1. The summed E-state index contributed by atoms with van der Waals surface area (Å²) in [4.78, 5) is 26.4. The van der Waals surface area contributed by atoms with Crippen LogP contribution in [-0.4, -0.2) is 13.0 Å². The Bertz CT molecular complexity index is 958. The molecule has 0 unspecified atom stereocenters. The zero-order chi connectivity index (χ0) is 17.1. The van der Waals surface area contributed by atoms with Crippen LogP contribution < -0.4 is 10.5 Å². The lowest BCUT2D eigenvalue weighted by Crippen LogP contribution is -2.30. The van der Waals surface area contributed by atoms with Crippen LogP contribution in [0.1, 0.15) is 15.9 Å². The zero-order valence-corrected chi connectivity index (χ0v) is 13.4. The van der Waals surface area contributed by atoms with Crippen molar-refractivity contribution in [1.82, 2.24) is 0 Å². The van der Waals surface area contributed by atoms with E-state index < -0.39 is 11.5 Å². The third-order valence-corrected chi connectivity index (χ3v) is 3.88. The lowest BCUT2D eigenvalue weighted by molar-refractivity contribution is 0.0989. The molecule has 3 rings (SSSR count). The average molecular weight is 319 g/mol. The van der Waals surface area contributed by atoms with Crippen molar-refractivity contribution in [3.8, 4) is 0 Å². The van der Waals surface area contributed by atoms with Crippen LogP contribution in [-0.2, 0) is 6.42 Å². The van der Waals surface area contributed by atoms with Gasteiger partial charge in [-0.2, -0.15) is 0 Å². The first-order valence-electron chi connectivity index (χ1n) is 7.61. The second kappa shape index (κ2) is 6.54. The summed E-state index contributed by atoms with van der Waals surface area (Å²) >= 11 is 0. The maximum absolute atomic E-state index is 12.7. The summed E-state index contributed by atoms with van der Waals surface area (Å²) in [5.74, 6) is -0.397. The summed E-state index contributed by atoms with van der Waals surface area (Å²) in [6.45, 7) is 3.71. The minimum absolute atomic E-state index is 0.0182. The number of carbonyl (C=O) groups excluding carboxylic acids is 1. The quantitative estimate of drug-likeness (QED) is 0.543. The van der Waals surface area contributed by atoms with Crippen LogP contribution >= 0.6 is 0 Å². The Morgan fingerprint density at radius 1 is 1.17 bits per heavy atom. The Morgan fingerprint density at radius 3 is 2.62 bits per heavy atom. The number of nitrogens with zero attached hydrogens (tertiary/aromatic N) is 1. The van der Waals surface area contributed by atoms with E-state index in [9.17, 15) is 9.59 Å². The van der Waals surface area contributed by atoms with Crippen LogP contribution in [0.25, 0.3) is 11.0 Å². The molecule has 4 nitrogen and oxygen atoms in total. The van der Waals surface area contributed by atoms with Gasteiger partial charge in [0.15, 0.2) is 0 Å². The Balaban J connectivity index is 2.07. The molecule has 0 aliphatic heterocycles. The zero-order valence-electron chi connectivity index (χ0n) is 13.4. The van der Waals surface area contributed by atoms with Crippen molar-refractivity contribution in [2.24, 2.45) is 0 Å². The smallest absolute Gasteiger partial charge is 0.349 e. The first-order chi connectivity index (χ1) is 11.6. The van der Waals surface area contributed by atoms with Crippen LogP contribution in [0.3, 0.4) is 0 Å². The number of fused-ring (bicyclic) bond motifs is 1. The number of para-hydroxylation sites is 2. The number of benzene rings is 2. The van der Waals surface area contributed by atoms with Gasteiger partial charge in [0.05, 0.1) is 0 Å². The molecule has 120 valence electrons. The molecule has 0 N–H and O–H groups in total. The molecule has 2 aromatic carbocycles. The molecule has 0 saturated carbocycles. The van der Waals surface area contributed by atoms with Gasteiger partial charge in [0, 0.05) is 18.1 Å². The first-order valence-corrected chi connectivity index (χ1v) is 7.61. The highest BCUT2D eigenvalue weighted by molar-refractivity contribution is 6.06. The summed E-state index contributed by atoms with van der Waals surface area (Å²) in [5.41, 5.74) is 1.47. The Labute approximate surface area is 139 Å². The summed E-state index contributed by atoms with van der Waals surface area (Å²) in [6.07, 6.45) is 2.34. The minimum Gasteiger partial charge on any atom is -0.422 e. The van der Waals surface area contributed by atoms with Gasteiger partial charge < -0.3 is 9.32 Å². The molecule has 24 heavy (non-hydrogen) atoms. The predicted molar refractivity (Wildman–Crippen MR) is 95.6 cm³/mol. The van der Waals surface area contributed by atoms with E-state index >= 15 is 0 Å². The van der Waals surface area contributed by atoms with Gasteiger partial charge in [-0.1, -0.05) is 42.5 Å². The summed E-state index contributed by atoms with van der Waals surface area (Å²) < 4.78 is 5.43. The molecule has 0 saturated heterocycles. The van der Waals surface area contributed by atoms with Crippen LogP contribution in [0, 0.1) is 0 Å². The van der Waals surface area contributed by atoms with E-state index in [0.717, 1.165) is 10.9 Å². The highest BCUT2D eigenvalue weighted by Crippen LogP contribution is 2.20. The monoisotopic (exact) mass is 319 g/mol. The van der Waals surface area contributed by atoms with Gasteiger partial charge in [-0.05, 0) is 30.2 Å². The number of amides is 1. The Morgan fingerprint density at radius 2 is 1.92 bits per heavy atom. The van der Waals surface area contributed by atoms with Crippen molar-refractivity contribution in [3.63, 3.8) is 0 Å². The second-order valence-corrected chi connectivity index (χ2v) is 5.48. The number of hydrogen-bond acceptors (Lipinski definition) is 3. The van der Waals surface area contributed by atoms with Crippen molar-refractivity contribution >= 4 is 22.6 Å². The Kier molecular flexibility index (Phi) is 4.29. The lowest BCUT2D eigenvalue weighted by atomic mass is 10.1. The van der Waals surface area contributed by atoms with Crippen molar-refractivity contribution < 1.29 is 9.21 Å². The third kappa shape index (κ3) is 2.86. The fourth-order valence-corrected chi connectivity index (χ4v) is 2.62. The van der Waals surface area contributed by atoms with E-state index in [0.29, 0.717) is 17.7 Å². The summed E-state index contributed by atoms with van der Waals surface area (Å²) in [7, 11) is 1.63. The number of hydrogen-bond donors (Lipinski definition) is 0. The predicted octanol–water partition coefficient (Wildman–Crippen LogP) is 3.80. The van der Waals surface area contributed by atoms with E-state index in [2.05, 4.69) is 6.58 Å². The average Bonchev–Trinajstić information content (AvgIpc) is 2.61. The van der Waals surface area contributed by atoms with Crippen molar-refractivity contribution in [3.05, 3.63) is 88.8 Å². The third-order valence-electron chi connectivity index (χ3n) is 3.88. The molecule has 3 aromatic rings. The molecule has 0 radical (unpaired) electrons. The summed E-state index contributed by atoms with van der Waals surface area (Å²) in [5, 5.41) is 0.721. The lowest BCUT2D eigenvalue weighted by Gasteiger charge is -2.16. The topological polar surface area (TPSA) is 50.5 Å². The van der Waals surface area contributed by atoms with Gasteiger partial charge in [0.1, 0.15) is 11.1 Å². The molecule has 0 atom stereocenters. The second-order valence-electron chi connectivity index (χ2n) is 5.48. The molecule has 0 bridgehead atoms. The molecule has 0 aliphatic carbocycles. The molecule has 0 fully saturated rings. The highest BCUT2D eigenvalue weighted by atomic mass is 16.4. The standard InChI is InChI=1S/C20H17NO3/c1-3-8-14-9-7-10-15-13-17(20(23)24-18(14)15)19(22)21(2)16-11-5-4-6-12-16/h3-7,9-13H,1,8H2,2H3. The maximum atomic E-state index is 12.7. The maximum Gasteiger partial charge on any atom is 0.349 e. The first kappa shape index (κ1) is 15.7. The van der Waals surface area contributed by atoms with Gasteiger partial charge in [0.25, 0.3) is 5.91 Å². The van der Waals surface area contributed by atoms with Crippen LogP contribution in [0.15, 0.2) is 76.5 Å². The molecule has 1 amide bonds. The molecular weight excluding hydrogens is 302 g/mol. The van der Waals surface area contributed by atoms with Crippen molar-refractivity contribution in [2.45, 2.75) is 6.42 Å². The number of rotatable bonds is 4. The number of anilines is 1. The van der Waals surface area contributed by atoms with Gasteiger partial charge >= 0.3 is 5.63 Å². The number of allylic oxidation sites excluding steroid dienone is 1. The highest BCUT2D eigenvalue weighted by Gasteiger charge is 2.19. The molecule has 1 heterocycles. The van der Waals surface area contributed by atoms with Crippen LogP contribution in [0.2, 0.25) is 0 Å². The molecule has 0 spiro atoms. The fraction of sp³-hybridized carbons (Fsp3) is 0.100. The minimum atomic E-state index is -0.633. The van der Waals surface area contributed by atoms with Gasteiger partial charge in [-0.3, -0.25) is 4.79 Å². The normalized spacial score (nSPS) is 10.5. The largest absolute Gasteiger partial charge is 0.422 e. The summed E-state index contributed by atoms with van der Waals surface area (Å²) in [6, 6.07) is 16.3. The van der Waals surface area contributed by atoms with E-state index in [4.69, 9.17) is 4.42 Å². The Hall–Kier alpha value is -3.14. The van der Waals surface area contributed by atoms with Gasteiger partial charge in [-0.25, -0.2) is 4.79 Å².